The van der Waals surface area contributed by atoms with Gasteiger partial charge in [0.1, 0.15) is 0 Å². The minimum absolute atomic E-state index is 0.0214. The molecule has 0 aromatic carbocycles. The van der Waals surface area contributed by atoms with Gasteiger partial charge >= 0.3 is 11.9 Å². The van der Waals surface area contributed by atoms with Crippen molar-refractivity contribution in [3.8, 4) is 0 Å². The second-order valence-corrected chi connectivity index (χ2v) is 10.4. The van der Waals surface area contributed by atoms with Crippen molar-refractivity contribution in [1.82, 2.24) is 0 Å². The van der Waals surface area contributed by atoms with Crippen LogP contribution in [0, 0.1) is 0 Å². The number of esters is 1. The zero-order chi connectivity index (χ0) is 25.8. The van der Waals surface area contributed by atoms with E-state index in [-0.39, 0.29) is 12.1 Å². The summed E-state index contributed by atoms with van der Waals surface area (Å²) in [5.41, 5.74) is 0. The number of ether oxygens (including phenoxy) is 1. The van der Waals surface area contributed by atoms with Crippen molar-refractivity contribution >= 4 is 11.9 Å². The molecule has 0 saturated carbocycles. The highest BCUT2D eigenvalue weighted by atomic mass is 16.5. The summed E-state index contributed by atoms with van der Waals surface area (Å²) in [6.45, 7) is 4.28. The first-order valence-corrected chi connectivity index (χ1v) is 15.1. The van der Waals surface area contributed by atoms with Gasteiger partial charge in [-0.25, -0.2) is 0 Å². The van der Waals surface area contributed by atoms with Crippen LogP contribution in [0.3, 0.4) is 0 Å². The molecule has 4 nitrogen and oxygen atoms in total. The van der Waals surface area contributed by atoms with E-state index in [1.807, 2.05) is 6.92 Å². The van der Waals surface area contributed by atoms with Gasteiger partial charge < -0.3 is 9.84 Å². The van der Waals surface area contributed by atoms with Crippen LogP contribution in [0.1, 0.15) is 168 Å². The van der Waals surface area contributed by atoms with Crippen LogP contribution >= 0.6 is 0 Å². The lowest BCUT2D eigenvalue weighted by atomic mass is 10.0. The molecular weight excluding hydrogens is 436 g/mol. The van der Waals surface area contributed by atoms with Crippen molar-refractivity contribution in [2.45, 2.75) is 174 Å². The molecule has 0 spiro atoms. The maximum Gasteiger partial charge on any atom is 0.306 e. The molecular formula is C31H58O4. The molecule has 0 aromatic rings. The van der Waals surface area contributed by atoms with E-state index in [0.29, 0.717) is 12.8 Å². The Hall–Kier alpha value is -1.32. The molecule has 1 N–H and O–H groups in total. The summed E-state index contributed by atoms with van der Waals surface area (Å²) in [5.74, 6) is -0.700. The fourth-order valence-electron chi connectivity index (χ4n) is 4.45. The first-order chi connectivity index (χ1) is 17.1. The maximum absolute atomic E-state index is 12.0. The summed E-state index contributed by atoms with van der Waals surface area (Å²) < 4.78 is 5.58. The zero-order valence-corrected chi connectivity index (χ0v) is 23.4. The first-order valence-electron chi connectivity index (χ1n) is 15.1. The summed E-state index contributed by atoms with van der Waals surface area (Å²) in [5, 5.41) is 8.61. The van der Waals surface area contributed by atoms with E-state index < -0.39 is 5.97 Å². The maximum atomic E-state index is 12.0. The van der Waals surface area contributed by atoms with Gasteiger partial charge in [-0.1, -0.05) is 109 Å². The van der Waals surface area contributed by atoms with E-state index in [1.165, 1.54) is 96.3 Å². The predicted octanol–water partition coefficient (Wildman–Crippen LogP) is 9.94. The molecule has 1 unspecified atom stereocenters. The van der Waals surface area contributed by atoms with Crippen LogP contribution in [-0.4, -0.2) is 23.1 Å². The Morgan fingerprint density at radius 3 is 1.57 bits per heavy atom. The Bertz CT molecular complexity index is 500. The molecule has 4 heteroatoms. The number of carboxylic acids is 1. The molecule has 0 rings (SSSR count). The van der Waals surface area contributed by atoms with Crippen LogP contribution in [0.15, 0.2) is 12.2 Å². The van der Waals surface area contributed by atoms with Gasteiger partial charge in [-0.3, -0.25) is 9.59 Å². The fraction of sp³-hybridized carbons (Fsp3) is 0.871. The molecule has 0 fully saturated rings. The molecule has 0 bridgehead atoms. The lowest BCUT2D eigenvalue weighted by molar-refractivity contribution is -0.148. The Kier molecular flexibility index (Phi) is 26.2. The van der Waals surface area contributed by atoms with Gasteiger partial charge in [0.2, 0.25) is 0 Å². The number of hydrogen-bond acceptors (Lipinski definition) is 3. The Labute approximate surface area is 217 Å². The minimum atomic E-state index is -0.679. The summed E-state index contributed by atoms with van der Waals surface area (Å²) in [4.78, 5) is 22.5. The largest absolute Gasteiger partial charge is 0.481 e. The number of rotatable bonds is 27. The van der Waals surface area contributed by atoms with Gasteiger partial charge in [-0.2, -0.15) is 0 Å². The van der Waals surface area contributed by atoms with Gasteiger partial charge in [-0.15, -0.1) is 0 Å². The second kappa shape index (κ2) is 27.3. The normalized spacial score (nSPS) is 12.3. The number of carboxylic acid groups (broad SMARTS) is 1. The number of aliphatic carboxylic acids is 1. The van der Waals surface area contributed by atoms with Crippen LogP contribution in [-0.2, 0) is 14.3 Å². The summed E-state index contributed by atoms with van der Waals surface area (Å²) >= 11 is 0. The van der Waals surface area contributed by atoms with Crippen LogP contribution in [0.4, 0.5) is 0 Å². The third kappa shape index (κ3) is 28.8. The van der Waals surface area contributed by atoms with Crippen molar-refractivity contribution in [1.29, 1.82) is 0 Å². The summed E-state index contributed by atoms with van der Waals surface area (Å²) in [6.07, 6.45) is 31.9. The summed E-state index contributed by atoms with van der Waals surface area (Å²) in [6, 6.07) is 0. The molecule has 0 saturated heterocycles. The molecule has 0 amide bonds. The van der Waals surface area contributed by atoms with Gasteiger partial charge in [0, 0.05) is 12.8 Å². The highest BCUT2D eigenvalue weighted by Gasteiger charge is 2.09. The molecule has 0 aliphatic heterocycles. The van der Waals surface area contributed by atoms with Crippen LogP contribution in [0.25, 0.3) is 0 Å². The van der Waals surface area contributed by atoms with E-state index in [9.17, 15) is 9.59 Å². The van der Waals surface area contributed by atoms with Crippen molar-refractivity contribution in [3.05, 3.63) is 12.2 Å². The van der Waals surface area contributed by atoms with E-state index in [1.54, 1.807) is 0 Å². The van der Waals surface area contributed by atoms with Gasteiger partial charge in [0.15, 0.2) is 0 Å². The number of unbranched alkanes of at least 4 members (excludes halogenated alkanes) is 18. The average Bonchev–Trinajstić information content (AvgIpc) is 2.82. The number of hydrogen-bond donors (Lipinski definition) is 1. The molecule has 35 heavy (non-hydrogen) atoms. The molecule has 206 valence electrons. The lowest BCUT2D eigenvalue weighted by Gasteiger charge is -2.13. The average molecular weight is 495 g/mol. The van der Waals surface area contributed by atoms with Crippen LogP contribution in [0.5, 0.6) is 0 Å². The van der Waals surface area contributed by atoms with Gasteiger partial charge in [0.05, 0.1) is 6.10 Å². The molecule has 0 aliphatic carbocycles. The standard InChI is InChI=1S/C31H58O4/c1-3-4-5-6-7-8-9-10-11-16-19-22-25-28-31(34)35-29(2)26-23-20-17-14-12-13-15-18-21-24-27-30(32)33/h8-9,29H,3-7,10-28H2,1-2H3,(H,32,33)/b9-8-. The zero-order valence-electron chi connectivity index (χ0n) is 23.4. The first kappa shape index (κ1) is 33.7. The lowest BCUT2D eigenvalue weighted by Crippen LogP contribution is -2.14. The molecule has 0 heterocycles. The van der Waals surface area contributed by atoms with Crippen molar-refractivity contribution in [2.75, 3.05) is 0 Å². The van der Waals surface area contributed by atoms with Gasteiger partial charge in [0.25, 0.3) is 0 Å². The SMILES string of the molecule is CCCCCC/C=C\CCCCCCCC(=O)OC(C)CCCCCCCCCCCCC(=O)O. The highest BCUT2D eigenvalue weighted by molar-refractivity contribution is 5.69. The molecule has 0 aliphatic rings. The van der Waals surface area contributed by atoms with E-state index in [2.05, 4.69) is 19.1 Å². The minimum Gasteiger partial charge on any atom is -0.481 e. The number of carbonyl (C=O) groups excluding carboxylic acids is 1. The summed E-state index contributed by atoms with van der Waals surface area (Å²) in [7, 11) is 0. The van der Waals surface area contributed by atoms with Crippen molar-refractivity contribution in [2.24, 2.45) is 0 Å². The van der Waals surface area contributed by atoms with E-state index in [4.69, 9.17) is 9.84 Å². The topological polar surface area (TPSA) is 63.6 Å². The third-order valence-corrected chi connectivity index (χ3v) is 6.73. The van der Waals surface area contributed by atoms with Crippen LogP contribution < -0.4 is 0 Å². The van der Waals surface area contributed by atoms with E-state index in [0.717, 1.165) is 44.9 Å². The smallest absolute Gasteiger partial charge is 0.306 e. The molecule has 0 aromatic heterocycles. The quantitative estimate of drug-likeness (QED) is 0.0701. The van der Waals surface area contributed by atoms with Gasteiger partial charge in [-0.05, 0) is 58.3 Å². The number of carbonyl (C=O) groups is 2. The van der Waals surface area contributed by atoms with Crippen molar-refractivity contribution in [3.63, 3.8) is 0 Å². The van der Waals surface area contributed by atoms with Crippen LogP contribution in [0.2, 0.25) is 0 Å². The number of allylic oxidation sites excluding steroid dienone is 2. The molecule has 0 radical (unpaired) electrons. The highest BCUT2D eigenvalue weighted by Crippen LogP contribution is 2.14. The predicted molar refractivity (Wildman–Crippen MR) is 149 cm³/mol. The second-order valence-electron chi connectivity index (χ2n) is 10.4. The Morgan fingerprint density at radius 1 is 0.629 bits per heavy atom. The Balaban J connectivity index is 3.35. The Morgan fingerprint density at radius 2 is 1.06 bits per heavy atom. The monoisotopic (exact) mass is 494 g/mol. The third-order valence-electron chi connectivity index (χ3n) is 6.73. The van der Waals surface area contributed by atoms with Crippen molar-refractivity contribution < 1.29 is 19.4 Å². The fourth-order valence-corrected chi connectivity index (χ4v) is 4.45. The van der Waals surface area contributed by atoms with E-state index >= 15 is 0 Å². The molecule has 1 atom stereocenters.